The van der Waals surface area contributed by atoms with E-state index < -0.39 is 5.60 Å². The van der Waals surface area contributed by atoms with Crippen molar-refractivity contribution in [2.24, 2.45) is 0 Å². The predicted octanol–water partition coefficient (Wildman–Crippen LogP) is 4.34. The van der Waals surface area contributed by atoms with Gasteiger partial charge >= 0.3 is 6.09 Å². The second-order valence-electron chi connectivity index (χ2n) is 7.25. The van der Waals surface area contributed by atoms with Gasteiger partial charge in [0.2, 0.25) is 0 Å². The number of aromatic hydroxyl groups is 1. The van der Waals surface area contributed by atoms with Gasteiger partial charge in [-0.2, -0.15) is 0 Å². The van der Waals surface area contributed by atoms with Crippen LogP contribution in [0.15, 0.2) is 12.1 Å². The number of carbonyl (C=O) groups excluding carboxylic acids is 1. The summed E-state index contributed by atoms with van der Waals surface area (Å²) >= 11 is 0. The Balaban J connectivity index is 2.19. The highest BCUT2D eigenvalue weighted by Crippen LogP contribution is 2.35. The molecule has 0 saturated heterocycles. The smallest absolute Gasteiger partial charge is 0.410 e. The van der Waals surface area contributed by atoms with Crippen LogP contribution in [0.2, 0.25) is 0 Å². The Morgan fingerprint density at radius 3 is 2.39 bits per heavy atom. The zero-order valence-corrected chi connectivity index (χ0v) is 15.0. The summed E-state index contributed by atoms with van der Waals surface area (Å²) in [5, 5.41) is 10.4. The summed E-state index contributed by atoms with van der Waals surface area (Å²) in [4.78, 5) is 13.8. The van der Waals surface area contributed by atoms with Crippen molar-refractivity contribution in [2.75, 3.05) is 13.1 Å². The first kappa shape index (κ1) is 17.4. The van der Waals surface area contributed by atoms with E-state index in [0.29, 0.717) is 18.8 Å². The molecule has 23 heavy (non-hydrogen) atoms. The van der Waals surface area contributed by atoms with E-state index in [2.05, 4.69) is 6.92 Å². The maximum absolute atomic E-state index is 12.1. The molecule has 0 atom stereocenters. The maximum Gasteiger partial charge on any atom is 0.410 e. The number of phenols is 1. The fourth-order valence-electron chi connectivity index (χ4n) is 2.72. The number of rotatable bonds is 1. The number of carbonyl (C=O) groups is 1. The molecule has 0 aliphatic carbocycles. The van der Waals surface area contributed by atoms with Crippen LogP contribution >= 0.6 is 0 Å². The van der Waals surface area contributed by atoms with Crippen LogP contribution in [0.1, 0.15) is 49.4 Å². The zero-order chi connectivity index (χ0) is 17.4. The monoisotopic (exact) mass is 317 g/mol. The Kier molecular flexibility index (Phi) is 4.73. The van der Waals surface area contributed by atoms with Gasteiger partial charge < -0.3 is 14.7 Å². The lowest BCUT2D eigenvalue weighted by Gasteiger charge is -2.30. The van der Waals surface area contributed by atoms with Crippen molar-refractivity contribution >= 4 is 11.7 Å². The summed E-state index contributed by atoms with van der Waals surface area (Å²) in [5.41, 5.74) is 4.71. The molecule has 1 aliphatic heterocycles. The fraction of sp³-hybridized carbons (Fsp3) is 0.526. The van der Waals surface area contributed by atoms with Crippen molar-refractivity contribution in [2.45, 2.75) is 53.6 Å². The summed E-state index contributed by atoms with van der Waals surface area (Å²) in [6, 6.07) is 2.03. The molecule has 0 spiro atoms. The van der Waals surface area contributed by atoms with Crippen molar-refractivity contribution in [1.29, 1.82) is 0 Å². The number of phenolic OH excluding ortho intramolecular Hbond substituents is 1. The summed E-state index contributed by atoms with van der Waals surface area (Å²) in [6.07, 6.45) is 2.44. The number of amides is 1. The molecule has 0 bridgehead atoms. The molecule has 1 aromatic carbocycles. The topological polar surface area (TPSA) is 49.8 Å². The summed E-state index contributed by atoms with van der Waals surface area (Å²) in [7, 11) is 0. The van der Waals surface area contributed by atoms with Crippen molar-refractivity contribution in [3.05, 3.63) is 34.4 Å². The predicted molar refractivity (Wildman–Crippen MR) is 92.7 cm³/mol. The molecule has 0 radical (unpaired) electrons. The molecule has 1 N–H and O–H groups in total. The van der Waals surface area contributed by atoms with E-state index in [1.807, 2.05) is 46.8 Å². The lowest BCUT2D eigenvalue weighted by atomic mass is 9.92. The first-order valence-electron chi connectivity index (χ1n) is 8.07. The van der Waals surface area contributed by atoms with Gasteiger partial charge in [-0.3, -0.25) is 0 Å². The zero-order valence-electron chi connectivity index (χ0n) is 15.0. The fourth-order valence-corrected chi connectivity index (χ4v) is 2.72. The van der Waals surface area contributed by atoms with Crippen LogP contribution in [0.3, 0.4) is 0 Å². The van der Waals surface area contributed by atoms with Gasteiger partial charge in [-0.1, -0.05) is 6.08 Å². The molecule has 4 heteroatoms. The average molecular weight is 317 g/mol. The highest BCUT2D eigenvalue weighted by molar-refractivity contribution is 5.76. The molecular weight excluding hydrogens is 290 g/mol. The number of nitrogens with zero attached hydrogens (tertiary/aromatic N) is 1. The highest BCUT2D eigenvalue weighted by atomic mass is 16.6. The van der Waals surface area contributed by atoms with E-state index >= 15 is 0 Å². The Morgan fingerprint density at radius 1 is 1.22 bits per heavy atom. The molecule has 0 unspecified atom stereocenters. The molecule has 0 aromatic heterocycles. The third-order valence-electron chi connectivity index (χ3n) is 4.33. The number of hydrogen-bond acceptors (Lipinski definition) is 3. The molecule has 1 amide bonds. The minimum Gasteiger partial charge on any atom is -0.507 e. The van der Waals surface area contributed by atoms with Crippen LogP contribution in [-0.2, 0) is 4.74 Å². The standard InChI is InChI=1S/C19H27NO3/c1-12-11-16(17(21)14(3)13(12)2)15-7-9-20(10-8-15)18(22)23-19(4,5)6/h7,11,21H,8-10H2,1-6H3. The Labute approximate surface area is 138 Å². The van der Waals surface area contributed by atoms with Gasteiger partial charge in [0, 0.05) is 18.7 Å². The Morgan fingerprint density at radius 2 is 1.87 bits per heavy atom. The van der Waals surface area contributed by atoms with Crippen LogP contribution in [0, 0.1) is 20.8 Å². The van der Waals surface area contributed by atoms with E-state index in [-0.39, 0.29) is 6.09 Å². The van der Waals surface area contributed by atoms with Crippen molar-refractivity contribution in [3.8, 4) is 5.75 Å². The van der Waals surface area contributed by atoms with Gasteiger partial charge in [0.25, 0.3) is 0 Å². The summed E-state index contributed by atoms with van der Waals surface area (Å²) < 4.78 is 5.40. The first-order valence-corrected chi connectivity index (χ1v) is 8.07. The lowest BCUT2D eigenvalue weighted by Crippen LogP contribution is -2.39. The molecule has 1 aliphatic rings. The quantitative estimate of drug-likeness (QED) is 0.838. The van der Waals surface area contributed by atoms with Gasteiger partial charge in [-0.25, -0.2) is 4.79 Å². The van der Waals surface area contributed by atoms with Crippen LogP contribution < -0.4 is 0 Å². The minimum atomic E-state index is -0.482. The second kappa shape index (κ2) is 6.26. The van der Waals surface area contributed by atoms with Gasteiger partial charge in [0.05, 0.1) is 0 Å². The lowest BCUT2D eigenvalue weighted by molar-refractivity contribution is 0.0270. The van der Waals surface area contributed by atoms with Crippen LogP contribution in [-0.4, -0.2) is 34.8 Å². The van der Waals surface area contributed by atoms with Gasteiger partial charge in [-0.15, -0.1) is 0 Å². The Bertz CT molecular complexity index is 654. The molecule has 1 heterocycles. The SMILES string of the molecule is Cc1cc(C2=CCN(C(=O)OC(C)(C)C)CC2)c(O)c(C)c1C. The van der Waals surface area contributed by atoms with Gasteiger partial charge in [0.15, 0.2) is 0 Å². The molecule has 126 valence electrons. The average Bonchev–Trinajstić information content (AvgIpc) is 2.47. The Hall–Kier alpha value is -1.97. The minimum absolute atomic E-state index is 0.284. The summed E-state index contributed by atoms with van der Waals surface area (Å²) in [5.74, 6) is 0.352. The van der Waals surface area contributed by atoms with Crippen molar-refractivity contribution < 1.29 is 14.6 Å². The number of aryl methyl sites for hydroxylation is 1. The van der Waals surface area contributed by atoms with E-state index in [1.165, 1.54) is 5.56 Å². The molecule has 4 nitrogen and oxygen atoms in total. The third kappa shape index (κ3) is 3.87. The molecule has 0 saturated carbocycles. The van der Waals surface area contributed by atoms with E-state index in [1.54, 1.807) is 4.90 Å². The second-order valence-corrected chi connectivity index (χ2v) is 7.25. The number of hydrogen-bond donors (Lipinski definition) is 1. The van der Waals surface area contributed by atoms with Crippen LogP contribution in [0.4, 0.5) is 4.79 Å². The molecular formula is C19H27NO3. The van der Waals surface area contributed by atoms with Gasteiger partial charge in [-0.05, 0) is 76.3 Å². The van der Waals surface area contributed by atoms with Crippen LogP contribution in [0.25, 0.3) is 5.57 Å². The maximum atomic E-state index is 12.1. The van der Waals surface area contributed by atoms with Crippen molar-refractivity contribution in [1.82, 2.24) is 4.90 Å². The molecule has 1 aromatic rings. The first-order chi connectivity index (χ1) is 10.6. The third-order valence-corrected chi connectivity index (χ3v) is 4.33. The van der Waals surface area contributed by atoms with Crippen molar-refractivity contribution in [3.63, 3.8) is 0 Å². The van der Waals surface area contributed by atoms with E-state index in [4.69, 9.17) is 4.74 Å². The van der Waals surface area contributed by atoms with Gasteiger partial charge in [0.1, 0.15) is 11.4 Å². The number of ether oxygens (including phenoxy) is 1. The summed E-state index contributed by atoms with van der Waals surface area (Å²) in [6.45, 7) is 12.7. The largest absolute Gasteiger partial charge is 0.507 e. The highest BCUT2D eigenvalue weighted by Gasteiger charge is 2.25. The van der Waals surface area contributed by atoms with E-state index in [0.717, 1.165) is 28.7 Å². The number of benzene rings is 1. The molecule has 2 rings (SSSR count). The van der Waals surface area contributed by atoms with E-state index in [9.17, 15) is 9.90 Å². The van der Waals surface area contributed by atoms with Crippen LogP contribution in [0.5, 0.6) is 5.75 Å². The normalized spacial score (nSPS) is 15.4. The molecule has 0 fully saturated rings.